The largest absolute Gasteiger partial charge is 0.351 e. The summed E-state index contributed by atoms with van der Waals surface area (Å²) in [6.07, 6.45) is 1.04. The fourth-order valence-electron chi connectivity index (χ4n) is 3.79. The molecule has 1 N–H and O–H groups in total. The zero-order valence-electron chi connectivity index (χ0n) is 16.3. The minimum Gasteiger partial charge on any atom is -0.351 e. The van der Waals surface area contributed by atoms with Crippen LogP contribution in [0.5, 0.6) is 0 Å². The zero-order chi connectivity index (χ0) is 20.1. The van der Waals surface area contributed by atoms with Gasteiger partial charge in [-0.15, -0.1) is 0 Å². The maximum Gasteiger partial charge on any atom is 0.252 e. The standard InChI is InChI=1S/C25H24N2O2/c28-24(20-9-2-1-3-10-20)22-12-6-7-13-23(22)25(29)26-15-17-27-16-14-19-8-4-5-11-21(19)18-27/h1-13H,14-18H2,(H,26,29). The molecule has 0 aromatic heterocycles. The van der Waals surface area contributed by atoms with Gasteiger partial charge in [-0.25, -0.2) is 0 Å². The van der Waals surface area contributed by atoms with Crippen molar-refractivity contribution in [2.45, 2.75) is 13.0 Å². The third-order valence-electron chi connectivity index (χ3n) is 5.38. The average molecular weight is 384 g/mol. The Morgan fingerprint density at radius 3 is 2.24 bits per heavy atom. The second-order valence-corrected chi connectivity index (χ2v) is 7.29. The quantitative estimate of drug-likeness (QED) is 0.659. The van der Waals surface area contributed by atoms with Gasteiger partial charge in [0.1, 0.15) is 0 Å². The summed E-state index contributed by atoms with van der Waals surface area (Å²) < 4.78 is 0. The lowest BCUT2D eigenvalue weighted by Crippen LogP contribution is -2.38. The molecule has 0 aliphatic carbocycles. The molecule has 0 fully saturated rings. The van der Waals surface area contributed by atoms with E-state index in [1.54, 1.807) is 36.4 Å². The molecule has 29 heavy (non-hydrogen) atoms. The number of nitrogens with one attached hydrogen (secondary N) is 1. The SMILES string of the molecule is O=C(NCCN1CCc2ccccc2C1)c1ccccc1C(=O)c1ccccc1. The molecule has 0 bridgehead atoms. The maximum absolute atomic E-state index is 12.8. The summed E-state index contributed by atoms with van der Waals surface area (Å²) in [6, 6.07) is 24.6. The van der Waals surface area contributed by atoms with Crippen LogP contribution in [0.4, 0.5) is 0 Å². The molecule has 1 amide bonds. The van der Waals surface area contributed by atoms with Crippen LogP contribution in [0.25, 0.3) is 0 Å². The Bertz CT molecular complexity index is 1010. The summed E-state index contributed by atoms with van der Waals surface area (Å²) in [4.78, 5) is 27.9. The van der Waals surface area contributed by atoms with Gasteiger partial charge in [0.2, 0.25) is 0 Å². The topological polar surface area (TPSA) is 49.4 Å². The maximum atomic E-state index is 12.8. The molecule has 3 aromatic rings. The molecular weight excluding hydrogens is 360 g/mol. The van der Waals surface area contributed by atoms with Gasteiger partial charge in [-0.05, 0) is 23.6 Å². The molecular formula is C25H24N2O2. The molecule has 146 valence electrons. The molecule has 0 saturated heterocycles. The summed E-state index contributed by atoms with van der Waals surface area (Å²) >= 11 is 0. The van der Waals surface area contributed by atoms with Crippen molar-refractivity contribution in [3.8, 4) is 0 Å². The molecule has 1 heterocycles. The normalized spacial score (nSPS) is 13.5. The summed E-state index contributed by atoms with van der Waals surface area (Å²) in [5.74, 6) is -0.341. The fraction of sp³-hybridized carbons (Fsp3) is 0.200. The first kappa shape index (κ1) is 19.1. The van der Waals surface area contributed by atoms with Crippen molar-refractivity contribution in [3.63, 3.8) is 0 Å². The monoisotopic (exact) mass is 384 g/mol. The van der Waals surface area contributed by atoms with Crippen molar-refractivity contribution < 1.29 is 9.59 Å². The van der Waals surface area contributed by atoms with Gasteiger partial charge in [-0.2, -0.15) is 0 Å². The highest BCUT2D eigenvalue weighted by atomic mass is 16.2. The first-order valence-corrected chi connectivity index (χ1v) is 9.98. The first-order chi connectivity index (χ1) is 14.2. The van der Waals surface area contributed by atoms with Gasteiger partial charge in [-0.3, -0.25) is 14.5 Å². The van der Waals surface area contributed by atoms with Gasteiger partial charge in [0.25, 0.3) is 5.91 Å². The van der Waals surface area contributed by atoms with E-state index < -0.39 is 0 Å². The highest BCUT2D eigenvalue weighted by molar-refractivity contribution is 6.15. The molecule has 0 radical (unpaired) electrons. The summed E-state index contributed by atoms with van der Waals surface area (Å²) in [6.45, 7) is 3.24. The van der Waals surface area contributed by atoms with Crippen LogP contribution >= 0.6 is 0 Å². The Labute approximate surface area is 171 Å². The molecule has 0 saturated carbocycles. The second kappa shape index (κ2) is 8.84. The van der Waals surface area contributed by atoms with E-state index >= 15 is 0 Å². The summed E-state index contributed by atoms with van der Waals surface area (Å²) in [5.41, 5.74) is 4.22. The Morgan fingerprint density at radius 1 is 0.793 bits per heavy atom. The number of rotatable bonds is 6. The lowest BCUT2D eigenvalue weighted by Gasteiger charge is -2.28. The van der Waals surface area contributed by atoms with E-state index in [2.05, 4.69) is 34.5 Å². The first-order valence-electron chi connectivity index (χ1n) is 9.98. The third-order valence-corrected chi connectivity index (χ3v) is 5.38. The number of ketones is 1. The van der Waals surface area contributed by atoms with Crippen LogP contribution < -0.4 is 5.32 Å². The van der Waals surface area contributed by atoms with Gasteiger partial charge >= 0.3 is 0 Å². The van der Waals surface area contributed by atoms with Crippen molar-refractivity contribution in [3.05, 3.63) is 107 Å². The van der Waals surface area contributed by atoms with Crippen LogP contribution in [0.2, 0.25) is 0 Å². The molecule has 0 atom stereocenters. The van der Waals surface area contributed by atoms with Crippen LogP contribution in [-0.4, -0.2) is 36.2 Å². The van der Waals surface area contributed by atoms with Gasteiger partial charge in [-0.1, -0.05) is 72.8 Å². The minimum atomic E-state index is -0.206. The number of amides is 1. The van der Waals surface area contributed by atoms with E-state index in [1.807, 2.05) is 18.2 Å². The van der Waals surface area contributed by atoms with E-state index in [0.717, 1.165) is 26.1 Å². The lowest BCUT2D eigenvalue weighted by atomic mass is 9.98. The molecule has 1 aliphatic heterocycles. The third kappa shape index (κ3) is 4.44. The van der Waals surface area contributed by atoms with Gasteiger partial charge in [0, 0.05) is 37.3 Å². The van der Waals surface area contributed by atoms with Crippen LogP contribution in [-0.2, 0) is 13.0 Å². The second-order valence-electron chi connectivity index (χ2n) is 7.29. The fourth-order valence-corrected chi connectivity index (χ4v) is 3.79. The Balaban J connectivity index is 1.38. The molecule has 0 spiro atoms. The van der Waals surface area contributed by atoms with Crippen molar-refractivity contribution in [1.82, 2.24) is 10.2 Å². The van der Waals surface area contributed by atoms with Gasteiger partial charge < -0.3 is 5.32 Å². The Morgan fingerprint density at radius 2 is 1.45 bits per heavy atom. The number of hydrogen-bond acceptors (Lipinski definition) is 3. The molecule has 0 unspecified atom stereocenters. The zero-order valence-corrected chi connectivity index (χ0v) is 16.3. The number of carbonyl (C=O) groups excluding carboxylic acids is 2. The van der Waals surface area contributed by atoms with E-state index in [9.17, 15) is 9.59 Å². The highest BCUT2D eigenvalue weighted by Crippen LogP contribution is 2.18. The number of benzene rings is 3. The van der Waals surface area contributed by atoms with E-state index in [0.29, 0.717) is 23.2 Å². The van der Waals surface area contributed by atoms with Crippen LogP contribution in [0, 0.1) is 0 Å². The van der Waals surface area contributed by atoms with Crippen LogP contribution in [0.15, 0.2) is 78.9 Å². The molecule has 4 heteroatoms. The Kier molecular flexibility index (Phi) is 5.82. The van der Waals surface area contributed by atoms with Crippen molar-refractivity contribution in [2.24, 2.45) is 0 Å². The molecule has 4 nitrogen and oxygen atoms in total. The number of nitrogens with zero attached hydrogens (tertiary/aromatic N) is 1. The van der Waals surface area contributed by atoms with Crippen LogP contribution in [0.1, 0.15) is 37.4 Å². The van der Waals surface area contributed by atoms with E-state index in [1.165, 1.54) is 11.1 Å². The average Bonchev–Trinajstić information content (AvgIpc) is 2.79. The summed E-state index contributed by atoms with van der Waals surface area (Å²) in [7, 11) is 0. The van der Waals surface area contributed by atoms with Crippen molar-refractivity contribution in [1.29, 1.82) is 0 Å². The highest BCUT2D eigenvalue weighted by Gasteiger charge is 2.19. The molecule has 3 aromatic carbocycles. The van der Waals surface area contributed by atoms with Crippen molar-refractivity contribution >= 4 is 11.7 Å². The molecule has 1 aliphatic rings. The summed E-state index contributed by atoms with van der Waals surface area (Å²) in [5, 5.41) is 2.98. The number of carbonyl (C=O) groups is 2. The molecule has 4 rings (SSSR count). The van der Waals surface area contributed by atoms with Crippen molar-refractivity contribution in [2.75, 3.05) is 19.6 Å². The lowest BCUT2D eigenvalue weighted by molar-refractivity contribution is 0.0936. The van der Waals surface area contributed by atoms with E-state index in [-0.39, 0.29) is 11.7 Å². The number of fused-ring (bicyclic) bond motifs is 1. The van der Waals surface area contributed by atoms with Gasteiger partial charge in [0.15, 0.2) is 5.78 Å². The number of hydrogen-bond donors (Lipinski definition) is 1. The van der Waals surface area contributed by atoms with E-state index in [4.69, 9.17) is 0 Å². The van der Waals surface area contributed by atoms with Gasteiger partial charge in [0.05, 0.1) is 5.56 Å². The minimum absolute atomic E-state index is 0.135. The Hall–Kier alpha value is -3.24. The predicted octanol–water partition coefficient (Wildman–Crippen LogP) is 3.71. The smallest absolute Gasteiger partial charge is 0.252 e. The van der Waals surface area contributed by atoms with Crippen LogP contribution in [0.3, 0.4) is 0 Å². The predicted molar refractivity (Wildman–Crippen MR) is 114 cm³/mol.